The van der Waals surface area contributed by atoms with Gasteiger partial charge < -0.3 is 10.1 Å². The van der Waals surface area contributed by atoms with Gasteiger partial charge in [0.1, 0.15) is 4.21 Å². The van der Waals surface area contributed by atoms with E-state index in [1.807, 2.05) is 13.0 Å². The zero-order chi connectivity index (χ0) is 15.6. The van der Waals surface area contributed by atoms with E-state index in [-0.39, 0.29) is 0 Å². The third kappa shape index (κ3) is 7.37. The Labute approximate surface area is 132 Å². The maximum atomic E-state index is 12.1. The third-order valence-corrected chi connectivity index (χ3v) is 5.94. The van der Waals surface area contributed by atoms with E-state index in [0.29, 0.717) is 30.4 Å². The van der Waals surface area contributed by atoms with E-state index >= 15 is 0 Å². The molecule has 21 heavy (non-hydrogen) atoms. The number of nitrogens with one attached hydrogen (secondary N) is 2. The molecule has 0 unspecified atom stereocenters. The lowest BCUT2D eigenvalue weighted by molar-refractivity contribution is 0.146. The van der Waals surface area contributed by atoms with E-state index in [1.165, 1.54) is 11.3 Å². The van der Waals surface area contributed by atoms with Crippen molar-refractivity contribution in [3.63, 3.8) is 0 Å². The summed E-state index contributed by atoms with van der Waals surface area (Å²) in [5.41, 5.74) is 0. The molecular weight excluding hydrogens is 308 g/mol. The Hall–Kier alpha value is -0.470. The molecule has 0 aliphatic carbocycles. The van der Waals surface area contributed by atoms with Gasteiger partial charge in [-0.3, -0.25) is 0 Å². The predicted octanol–water partition coefficient (Wildman–Crippen LogP) is 2.00. The first-order chi connectivity index (χ1) is 10.1. The van der Waals surface area contributed by atoms with Crippen LogP contribution < -0.4 is 10.0 Å². The van der Waals surface area contributed by atoms with Gasteiger partial charge >= 0.3 is 0 Å². The molecule has 7 heteroatoms. The summed E-state index contributed by atoms with van der Waals surface area (Å²) in [6.07, 6.45) is 2.66. The second kappa shape index (κ2) is 10.3. The molecule has 0 spiro atoms. The van der Waals surface area contributed by atoms with Gasteiger partial charge in [0.2, 0.25) is 10.0 Å². The fourth-order valence-corrected chi connectivity index (χ4v) is 4.22. The zero-order valence-electron chi connectivity index (χ0n) is 12.9. The number of thiophene rings is 1. The lowest BCUT2D eigenvalue weighted by atomic mass is 10.3. The van der Waals surface area contributed by atoms with E-state index in [4.69, 9.17) is 4.74 Å². The molecule has 1 aromatic heterocycles. The summed E-state index contributed by atoms with van der Waals surface area (Å²) in [4.78, 5) is 1.09. The minimum Gasteiger partial charge on any atom is -0.382 e. The van der Waals surface area contributed by atoms with Gasteiger partial charge in [0.05, 0.1) is 0 Å². The highest BCUT2D eigenvalue weighted by Gasteiger charge is 2.15. The van der Waals surface area contributed by atoms with Gasteiger partial charge in [0, 0.05) is 24.6 Å². The van der Waals surface area contributed by atoms with Crippen molar-refractivity contribution in [1.29, 1.82) is 0 Å². The van der Waals surface area contributed by atoms with Crippen LogP contribution in [0, 0.1) is 0 Å². The Kier molecular flexibility index (Phi) is 9.10. The Morgan fingerprint density at radius 2 is 2.00 bits per heavy atom. The summed E-state index contributed by atoms with van der Waals surface area (Å²) >= 11 is 1.34. The van der Waals surface area contributed by atoms with Crippen LogP contribution in [-0.4, -0.2) is 41.3 Å². The Bertz CT molecular complexity index is 486. The molecular formula is C14H26N2O3S2. The van der Waals surface area contributed by atoms with Crippen LogP contribution in [-0.2, 0) is 21.2 Å². The van der Waals surface area contributed by atoms with Gasteiger partial charge in [-0.15, -0.1) is 11.3 Å². The average Bonchev–Trinajstić information content (AvgIpc) is 2.93. The van der Waals surface area contributed by atoms with Crippen LogP contribution in [0.2, 0.25) is 0 Å². The third-order valence-electron chi connectivity index (χ3n) is 2.84. The molecule has 0 saturated heterocycles. The molecule has 5 nitrogen and oxygen atoms in total. The van der Waals surface area contributed by atoms with Crippen molar-refractivity contribution < 1.29 is 13.2 Å². The normalized spacial score (nSPS) is 11.9. The summed E-state index contributed by atoms with van der Waals surface area (Å²) < 4.78 is 32.4. The molecule has 0 bridgehead atoms. The van der Waals surface area contributed by atoms with E-state index in [0.717, 1.165) is 30.8 Å². The van der Waals surface area contributed by atoms with Gasteiger partial charge in [0.25, 0.3) is 0 Å². The Morgan fingerprint density at radius 3 is 2.71 bits per heavy atom. The maximum absolute atomic E-state index is 12.1. The van der Waals surface area contributed by atoms with Crippen LogP contribution in [0.1, 0.15) is 31.6 Å². The van der Waals surface area contributed by atoms with Gasteiger partial charge in [-0.2, -0.15) is 0 Å². The molecule has 0 saturated carbocycles. The predicted molar refractivity (Wildman–Crippen MR) is 87.5 cm³/mol. The molecule has 0 radical (unpaired) electrons. The van der Waals surface area contributed by atoms with Gasteiger partial charge in [0.15, 0.2) is 0 Å². The highest BCUT2D eigenvalue weighted by atomic mass is 32.2. The smallest absolute Gasteiger partial charge is 0.250 e. The van der Waals surface area contributed by atoms with Crippen molar-refractivity contribution in [2.75, 3.05) is 32.8 Å². The van der Waals surface area contributed by atoms with Crippen molar-refractivity contribution in [3.05, 3.63) is 17.0 Å². The minimum atomic E-state index is -3.37. The first-order valence-electron chi connectivity index (χ1n) is 7.47. The Morgan fingerprint density at radius 1 is 1.19 bits per heavy atom. The quantitative estimate of drug-likeness (QED) is 0.574. The summed E-state index contributed by atoms with van der Waals surface area (Å²) in [6, 6.07) is 3.58. The van der Waals surface area contributed by atoms with Crippen LogP contribution >= 0.6 is 11.3 Å². The van der Waals surface area contributed by atoms with Crippen LogP contribution in [0.5, 0.6) is 0 Å². The standard InChI is InChI=1S/C14H26N2O3S2/c1-3-9-15-11-8-13-6-7-14(20-13)21(17,18)16-10-5-12-19-4-2/h6-7,15-16H,3-5,8-12H2,1-2H3. The van der Waals surface area contributed by atoms with Crippen LogP contribution in [0.25, 0.3) is 0 Å². The first kappa shape index (κ1) is 18.6. The number of ether oxygens (including phenoxy) is 1. The average molecular weight is 335 g/mol. The maximum Gasteiger partial charge on any atom is 0.250 e. The molecule has 0 aromatic carbocycles. The van der Waals surface area contributed by atoms with Crippen LogP contribution in [0.15, 0.2) is 16.3 Å². The van der Waals surface area contributed by atoms with Gasteiger partial charge in [-0.25, -0.2) is 13.1 Å². The summed E-state index contributed by atoms with van der Waals surface area (Å²) in [7, 11) is -3.37. The van der Waals surface area contributed by atoms with Gasteiger partial charge in [-0.05, 0) is 51.4 Å². The van der Waals surface area contributed by atoms with Crippen molar-refractivity contribution in [3.8, 4) is 0 Å². The Balaban J connectivity index is 2.39. The molecule has 0 aliphatic rings. The van der Waals surface area contributed by atoms with E-state index in [1.54, 1.807) is 6.07 Å². The molecule has 0 atom stereocenters. The fourth-order valence-electron chi connectivity index (χ4n) is 1.75. The number of sulfonamides is 1. The molecule has 0 aliphatic heterocycles. The van der Waals surface area contributed by atoms with Crippen molar-refractivity contribution in [2.45, 2.75) is 37.3 Å². The van der Waals surface area contributed by atoms with Crippen LogP contribution in [0.4, 0.5) is 0 Å². The molecule has 1 rings (SSSR count). The minimum absolute atomic E-state index is 0.393. The number of rotatable bonds is 12. The lowest BCUT2D eigenvalue weighted by Crippen LogP contribution is -2.24. The molecule has 2 N–H and O–H groups in total. The largest absolute Gasteiger partial charge is 0.382 e. The molecule has 1 aromatic rings. The monoisotopic (exact) mass is 334 g/mol. The van der Waals surface area contributed by atoms with E-state index in [9.17, 15) is 8.42 Å². The van der Waals surface area contributed by atoms with E-state index < -0.39 is 10.0 Å². The fraction of sp³-hybridized carbons (Fsp3) is 0.714. The van der Waals surface area contributed by atoms with Crippen molar-refractivity contribution >= 4 is 21.4 Å². The van der Waals surface area contributed by atoms with Crippen molar-refractivity contribution in [1.82, 2.24) is 10.0 Å². The zero-order valence-corrected chi connectivity index (χ0v) is 14.5. The molecule has 0 fully saturated rings. The summed E-state index contributed by atoms with van der Waals surface area (Å²) in [6.45, 7) is 7.58. The molecule has 0 amide bonds. The number of hydrogen-bond acceptors (Lipinski definition) is 5. The van der Waals surface area contributed by atoms with Crippen LogP contribution in [0.3, 0.4) is 0 Å². The molecule has 1 heterocycles. The first-order valence-corrected chi connectivity index (χ1v) is 9.77. The second-order valence-electron chi connectivity index (χ2n) is 4.67. The highest BCUT2D eigenvalue weighted by Crippen LogP contribution is 2.21. The number of hydrogen-bond donors (Lipinski definition) is 2. The van der Waals surface area contributed by atoms with Crippen molar-refractivity contribution in [2.24, 2.45) is 0 Å². The SMILES string of the molecule is CCCNCCc1ccc(S(=O)(=O)NCCCOCC)s1. The van der Waals surface area contributed by atoms with Gasteiger partial charge in [-0.1, -0.05) is 6.92 Å². The summed E-state index contributed by atoms with van der Waals surface area (Å²) in [5.74, 6) is 0. The highest BCUT2D eigenvalue weighted by molar-refractivity contribution is 7.91. The second-order valence-corrected chi connectivity index (χ2v) is 7.83. The lowest BCUT2D eigenvalue weighted by Gasteiger charge is -2.04. The molecule has 122 valence electrons. The topological polar surface area (TPSA) is 67.4 Å². The van der Waals surface area contributed by atoms with E-state index in [2.05, 4.69) is 17.0 Å². The summed E-state index contributed by atoms with van der Waals surface area (Å²) in [5, 5.41) is 3.31.